The number of benzene rings is 2. The fraction of sp³-hybridized carbons (Fsp3) is 0.381. The first kappa shape index (κ1) is 22.8. The molecule has 0 aromatic heterocycles. The molecule has 2 aliphatic heterocycles. The van der Waals surface area contributed by atoms with Crippen LogP contribution < -0.4 is 4.90 Å². The molecule has 2 aliphatic rings. The maximum atomic E-state index is 13.2. The lowest BCUT2D eigenvalue weighted by Gasteiger charge is -2.22. The molecule has 0 saturated carbocycles. The third kappa shape index (κ3) is 4.42. The minimum atomic E-state index is -3.85. The van der Waals surface area contributed by atoms with Crippen LogP contribution in [0.5, 0.6) is 0 Å². The van der Waals surface area contributed by atoms with E-state index in [0.717, 1.165) is 18.6 Å². The van der Waals surface area contributed by atoms with Crippen molar-refractivity contribution in [2.45, 2.75) is 29.1 Å². The van der Waals surface area contributed by atoms with Crippen LogP contribution in [-0.4, -0.2) is 64.1 Å². The molecule has 0 N–H and O–H groups in total. The van der Waals surface area contributed by atoms with Crippen molar-refractivity contribution in [2.75, 3.05) is 37.6 Å². The van der Waals surface area contributed by atoms with E-state index in [1.165, 1.54) is 32.9 Å². The first-order chi connectivity index (χ1) is 15.2. The number of carbonyl (C=O) groups excluding carboxylic acids is 1. The van der Waals surface area contributed by atoms with E-state index in [-0.39, 0.29) is 41.9 Å². The van der Waals surface area contributed by atoms with E-state index in [4.69, 9.17) is 0 Å². The summed E-state index contributed by atoms with van der Waals surface area (Å²) in [6.45, 7) is 0.982. The largest absolute Gasteiger partial charge is 0.312 e. The van der Waals surface area contributed by atoms with Crippen molar-refractivity contribution < 1.29 is 26.0 Å². The summed E-state index contributed by atoms with van der Waals surface area (Å²) >= 11 is 0. The van der Waals surface area contributed by atoms with E-state index < -0.39 is 25.9 Å². The van der Waals surface area contributed by atoms with Gasteiger partial charge in [-0.05, 0) is 61.4 Å². The number of anilines is 1. The molecule has 11 heteroatoms. The molecular weight excluding hydrogens is 457 g/mol. The highest BCUT2D eigenvalue weighted by molar-refractivity contribution is 7.89. The smallest absolute Gasteiger partial charge is 0.243 e. The number of hydrogen-bond donors (Lipinski definition) is 0. The summed E-state index contributed by atoms with van der Waals surface area (Å²) in [5, 5.41) is 0. The van der Waals surface area contributed by atoms with Crippen LogP contribution in [0, 0.1) is 5.82 Å². The van der Waals surface area contributed by atoms with Gasteiger partial charge in [0, 0.05) is 44.8 Å². The van der Waals surface area contributed by atoms with Crippen LogP contribution in [0.2, 0.25) is 0 Å². The Balaban J connectivity index is 1.48. The normalized spacial score (nSPS) is 19.3. The summed E-state index contributed by atoms with van der Waals surface area (Å²) in [7, 11) is -7.67. The second kappa shape index (κ2) is 8.89. The summed E-state index contributed by atoms with van der Waals surface area (Å²) in [6.07, 6.45) is 1.61. The van der Waals surface area contributed by atoms with E-state index >= 15 is 0 Å². The lowest BCUT2D eigenvalue weighted by molar-refractivity contribution is -0.117. The first-order valence-corrected chi connectivity index (χ1v) is 13.2. The van der Waals surface area contributed by atoms with Gasteiger partial charge in [-0.1, -0.05) is 0 Å². The molecular formula is C21H24FN3O5S2. The molecule has 0 atom stereocenters. The molecule has 2 saturated heterocycles. The van der Waals surface area contributed by atoms with Crippen molar-refractivity contribution >= 4 is 31.6 Å². The summed E-state index contributed by atoms with van der Waals surface area (Å²) < 4.78 is 67.7. The third-order valence-corrected chi connectivity index (χ3v) is 9.55. The van der Waals surface area contributed by atoms with E-state index in [1.807, 2.05) is 0 Å². The topological polar surface area (TPSA) is 95.1 Å². The summed E-state index contributed by atoms with van der Waals surface area (Å²) in [6, 6.07) is 10.8. The average molecular weight is 482 g/mol. The minimum absolute atomic E-state index is 0.000692. The van der Waals surface area contributed by atoms with Gasteiger partial charge in [-0.2, -0.15) is 8.61 Å². The summed E-state index contributed by atoms with van der Waals surface area (Å²) in [4.78, 5) is 13.6. The van der Waals surface area contributed by atoms with Gasteiger partial charge in [-0.3, -0.25) is 4.79 Å². The van der Waals surface area contributed by atoms with Gasteiger partial charge in [0.1, 0.15) is 5.82 Å². The Bertz CT molecular complexity index is 1200. The molecule has 0 bridgehead atoms. The predicted octanol–water partition coefficient (Wildman–Crippen LogP) is 2.04. The average Bonchev–Trinajstić information content (AvgIpc) is 3.04. The van der Waals surface area contributed by atoms with E-state index in [0.29, 0.717) is 25.1 Å². The molecule has 4 rings (SSSR count). The zero-order chi connectivity index (χ0) is 22.9. The van der Waals surface area contributed by atoms with E-state index in [1.54, 1.807) is 17.0 Å². The summed E-state index contributed by atoms with van der Waals surface area (Å²) in [5.74, 6) is -0.507. The van der Waals surface area contributed by atoms with Gasteiger partial charge in [0.15, 0.2) is 0 Å². The van der Waals surface area contributed by atoms with Crippen molar-refractivity contribution in [1.29, 1.82) is 0 Å². The molecule has 8 nitrogen and oxygen atoms in total. The molecule has 2 heterocycles. The van der Waals surface area contributed by atoms with Crippen molar-refractivity contribution in [3.63, 3.8) is 0 Å². The van der Waals surface area contributed by atoms with Crippen LogP contribution in [0.4, 0.5) is 10.1 Å². The molecule has 1 amide bonds. The number of halogens is 1. The van der Waals surface area contributed by atoms with Gasteiger partial charge in [-0.15, -0.1) is 0 Å². The Kier molecular flexibility index (Phi) is 6.35. The Labute approximate surface area is 187 Å². The monoisotopic (exact) mass is 481 g/mol. The van der Waals surface area contributed by atoms with Gasteiger partial charge in [0.05, 0.1) is 9.79 Å². The number of sulfonamides is 2. The highest BCUT2D eigenvalue weighted by Gasteiger charge is 2.32. The molecule has 0 aliphatic carbocycles. The zero-order valence-electron chi connectivity index (χ0n) is 17.4. The van der Waals surface area contributed by atoms with Gasteiger partial charge in [-0.25, -0.2) is 21.2 Å². The highest BCUT2D eigenvalue weighted by atomic mass is 32.2. The lowest BCUT2D eigenvalue weighted by Crippen LogP contribution is -2.37. The number of nitrogens with zero attached hydrogens (tertiary/aromatic N) is 3. The molecule has 32 heavy (non-hydrogen) atoms. The lowest BCUT2D eigenvalue weighted by atomic mass is 10.3. The van der Waals surface area contributed by atoms with Gasteiger partial charge in [0.25, 0.3) is 0 Å². The molecule has 0 radical (unpaired) electrons. The Morgan fingerprint density at radius 3 is 1.62 bits per heavy atom. The van der Waals surface area contributed by atoms with E-state index in [9.17, 15) is 26.0 Å². The van der Waals surface area contributed by atoms with Crippen LogP contribution in [0.25, 0.3) is 0 Å². The fourth-order valence-corrected chi connectivity index (χ4v) is 6.91. The highest BCUT2D eigenvalue weighted by Crippen LogP contribution is 2.26. The molecule has 172 valence electrons. The Morgan fingerprint density at radius 1 is 0.656 bits per heavy atom. The minimum Gasteiger partial charge on any atom is -0.312 e. The second-order valence-corrected chi connectivity index (χ2v) is 11.6. The van der Waals surface area contributed by atoms with Crippen molar-refractivity contribution in [3.05, 3.63) is 54.3 Å². The predicted molar refractivity (Wildman–Crippen MR) is 117 cm³/mol. The fourth-order valence-electron chi connectivity index (χ4n) is 3.97. The first-order valence-electron chi connectivity index (χ1n) is 10.4. The quantitative estimate of drug-likeness (QED) is 0.651. The third-order valence-electron chi connectivity index (χ3n) is 5.72. The maximum Gasteiger partial charge on any atom is 0.243 e. The molecule has 0 spiro atoms. The van der Waals surface area contributed by atoms with Crippen LogP contribution in [0.1, 0.15) is 19.3 Å². The Hall–Kier alpha value is -2.34. The SMILES string of the molecule is O=C1CCCN1c1ccc(S(=O)(=O)N2CCCN(S(=O)(=O)c3ccc(F)cc3)CC2)cc1. The van der Waals surface area contributed by atoms with Gasteiger partial charge >= 0.3 is 0 Å². The second-order valence-electron chi connectivity index (χ2n) is 7.76. The van der Waals surface area contributed by atoms with Crippen LogP contribution >= 0.6 is 0 Å². The van der Waals surface area contributed by atoms with Crippen molar-refractivity contribution in [3.8, 4) is 0 Å². The Morgan fingerprint density at radius 2 is 1.16 bits per heavy atom. The number of rotatable bonds is 5. The molecule has 2 fully saturated rings. The van der Waals surface area contributed by atoms with Crippen molar-refractivity contribution in [2.24, 2.45) is 0 Å². The standard InChI is InChI=1S/C21H24FN3O5S2/c22-17-4-8-19(9-5-17)31(27,28)23-12-2-13-24(16-15-23)32(29,30)20-10-6-18(7-11-20)25-14-1-3-21(25)26/h4-11H,1-3,12-16H2. The summed E-state index contributed by atoms with van der Waals surface area (Å²) in [5.41, 5.74) is 0.666. The van der Waals surface area contributed by atoms with Gasteiger partial charge < -0.3 is 4.90 Å². The number of amides is 1. The maximum absolute atomic E-state index is 13.2. The molecule has 2 aromatic carbocycles. The van der Waals surface area contributed by atoms with Crippen molar-refractivity contribution in [1.82, 2.24) is 8.61 Å². The van der Waals surface area contributed by atoms with Crippen LogP contribution in [-0.2, 0) is 24.8 Å². The molecule has 0 unspecified atom stereocenters. The van der Waals surface area contributed by atoms with Crippen LogP contribution in [0.3, 0.4) is 0 Å². The zero-order valence-corrected chi connectivity index (χ0v) is 19.0. The molecule has 2 aromatic rings. The number of carbonyl (C=O) groups is 1. The van der Waals surface area contributed by atoms with E-state index in [2.05, 4.69) is 0 Å². The number of hydrogen-bond acceptors (Lipinski definition) is 5. The van der Waals surface area contributed by atoms with Crippen LogP contribution in [0.15, 0.2) is 58.3 Å². The van der Waals surface area contributed by atoms with Gasteiger partial charge in [0.2, 0.25) is 26.0 Å².